The molecule has 0 spiro atoms. The van der Waals surface area contributed by atoms with Crippen molar-refractivity contribution < 1.29 is 4.79 Å². The van der Waals surface area contributed by atoms with Gasteiger partial charge in [-0.3, -0.25) is 4.99 Å². The van der Waals surface area contributed by atoms with Crippen molar-refractivity contribution in [1.82, 2.24) is 0 Å². The lowest BCUT2D eigenvalue weighted by molar-refractivity contribution is -0.106. The highest BCUT2D eigenvalue weighted by molar-refractivity contribution is 5.92. The summed E-state index contributed by atoms with van der Waals surface area (Å²) in [6.45, 7) is 2.06. The Balaban J connectivity index is 3.44. The Morgan fingerprint density at radius 2 is 2.50 bits per heavy atom. The molecule has 0 aromatic rings. The van der Waals surface area contributed by atoms with E-state index in [2.05, 4.69) is 4.99 Å². The number of hydrogen-bond acceptors (Lipinski definition) is 3. The number of aldehydes is 1. The average Bonchev–Trinajstić information content (AvgIpc) is 1.68. The third-order valence-corrected chi connectivity index (χ3v) is 0.740. The number of carbonyl (C=O) groups excluding carboxylic acids is 1. The second-order valence-electron chi connectivity index (χ2n) is 1.45. The number of aliphatic imine (C=N–C) groups is 1. The second-order valence-corrected chi connectivity index (χ2v) is 1.45. The van der Waals surface area contributed by atoms with Crippen molar-refractivity contribution in [2.24, 2.45) is 10.7 Å². The minimum absolute atomic E-state index is 0.277. The molecule has 3 nitrogen and oxygen atoms in total. The third-order valence-electron chi connectivity index (χ3n) is 0.740. The molecule has 0 radical (unpaired) electrons. The van der Waals surface area contributed by atoms with Gasteiger partial charge < -0.3 is 10.5 Å². The second kappa shape index (κ2) is 4.46. The molecule has 46 valence electrons. The topological polar surface area (TPSA) is 55.5 Å². The SMILES string of the molecule is CC(CC=O)=NCN. The molecule has 8 heavy (non-hydrogen) atoms. The van der Waals surface area contributed by atoms with Crippen LogP contribution >= 0.6 is 0 Å². The molecule has 3 heteroatoms. The third kappa shape index (κ3) is 3.49. The van der Waals surface area contributed by atoms with E-state index in [1.165, 1.54) is 0 Å². The van der Waals surface area contributed by atoms with Gasteiger partial charge in [-0.1, -0.05) is 0 Å². The maximum atomic E-state index is 9.77. The van der Waals surface area contributed by atoms with Crippen molar-refractivity contribution in [3.8, 4) is 0 Å². The zero-order valence-electron chi connectivity index (χ0n) is 4.92. The van der Waals surface area contributed by atoms with Crippen LogP contribution in [0.3, 0.4) is 0 Å². The van der Waals surface area contributed by atoms with E-state index in [0.29, 0.717) is 6.42 Å². The standard InChI is InChI=1S/C5H10N2O/c1-5(2-3-8)7-4-6/h3H,2,4,6H2,1H3. The van der Waals surface area contributed by atoms with Gasteiger partial charge in [0.2, 0.25) is 0 Å². The number of nitrogens with zero attached hydrogens (tertiary/aromatic N) is 1. The minimum atomic E-state index is 0.277. The molecule has 0 atom stereocenters. The fourth-order valence-corrected chi connectivity index (χ4v) is 0.341. The molecule has 0 bridgehead atoms. The molecule has 0 aliphatic carbocycles. The number of rotatable bonds is 3. The van der Waals surface area contributed by atoms with Crippen LogP contribution in [0.25, 0.3) is 0 Å². The lowest BCUT2D eigenvalue weighted by Crippen LogP contribution is -2.00. The molecule has 0 heterocycles. The van der Waals surface area contributed by atoms with Crippen LogP contribution in [0, 0.1) is 0 Å². The Hall–Kier alpha value is -0.700. The zero-order valence-corrected chi connectivity index (χ0v) is 4.92. The van der Waals surface area contributed by atoms with Gasteiger partial charge in [-0.25, -0.2) is 0 Å². The molecule has 0 fully saturated rings. The molecule has 0 amide bonds. The summed E-state index contributed by atoms with van der Waals surface area (Å²) in [5.74, 6) is 0. The predicted molar refractivity (Wildman–Crippen MR) is 32.8 cm³/mol. The summed E-state index contributed by atoms with van der Waals surface area (Å²) in [7, 11) is 0. The monoisotopic (exact) mass is 114 g/mol. The largest absolute Gasteiger partial charge is 0.312 e. The first-order chi connectivity index (χ1) is 3.81. The van der Waals surface area contributed by atoms with Crippen molar-refractivity contribution in [3.05, 3.63) is 0 Å². The van der Waals surface area contributed by atoms with E-state index in [9.17, 15) is 4.79 Å². The average molecular weight is 114 g/mol. The predicted octanol–water partition coefficient (Wildman–Crippen LogP) is -0.0475. The summed E-state index contributed by atoms with van der Waals surface area (Å²) in [6.07, 6.45) is 1.21. The van der Waals surface area contributed by atoms with Crippen molar-refractivity contribution in [3.63, 3.8) is 0 Å². The number of hydrogen-bond donors (Lipinski definition) is 1. The zero-order chi connectivity index (χ0) is 6.41. The highest BCUT2D eigenvalue weighted by Crippen LogP contribution is 1.78. The summed E-state index contributed by atoms with van der Waals surface area (Å²) in [6, 6.07) is 0. The Bertz CT molecular complexity index is 98.6. The van der Waals surface area contributed by atoms with Crippen LogP contribution in [-0.2, 0) is 4.79 Å². The van der Waals surface area contributed by atoms with E-state index >= 15 is 0 Å². The van der Waals surface area contributed by atoms with Gasteiger partial charge in [-0.2, -0.15) is 0 Å². The molecule has 0 unspecified atom stereocenters. The first kappa shape index (κ1) is 7.30. The fourth-order valence-electron chi connectivity index (χ4n) is 0.341. The lowest BCUT2D eigenvalue weighted by atomic mass is 10.3. The first-order valence-corrected chi connectivity index (χ1v) is 2.45. The maximum absolute atomic E-state index is 9.77. The van der Waals surface area contributed by atoms with E-state index < -0.39 is 0 Å². The van der Waals surface area contributed by atoms with Crippen LogP contribution in [0.15, 0.2) is 4.99 Å². The summed E-state index contributed by atoms with van der Waals surface area (Å²) in [4.78, 5) is 13.5. The summed E-state index contributed by atoms with van der Waals surface area (Å²) in [5, 5.41) is 0. The molecule has 0 saturated heterocycles. The summed E-state index contributed by atoms with van der Waals surface area (Å²) < 4.78 is 0. The smallest absolute Gasteiger partial charge is 0.125 e. The Kier molecular flexibility index (Phi) is 4.07. The van der Waals surface area contributed by atoms with Gasteiger partial charge in [0.05, 0.1) is 6.67 Å². The first-order valence-electron chi connectivity index (χ1n) is 2.45. The molecule has 0 saturated carbocycles. The normalized spacial score (nSPS) is 11.5. The van der Waals surface area contributed by atoms with Crippen LogP contribution in [0.5, 0.6) is 0 Å². The molecular weight excluding hydrogens is 104 g/mol. The van der Waals surface area contributed by atoms with Gasteiger partial charge in [0.1, 0.15) is 6.29 Å². The van der Waals surface area contributed by atoms with Gasteiger partial charge in [-0.05, 0) is 6.92 Å². The van der Waals surface area contributed by atoms with Crippen molar-refractivity contribution in [2.45, 2.75) is 13.3 Å². The van der Waals surface area contributed by atoms with Crippen molar-refractivity contribution in [2.75, 3.05) is 6.67 Å². The molecule has 0 aromatic heterocycles. The molecule has 0 aliphatic heterocycles. The quantitative estimate of drug-likeness (QED) is 0.413. The molecule has 0 rings (SSSR count). The highest BCUT2D eigenvalue weighted by Gasteiger charge is 1.84. The highest BCUT2D eigenvalue weighted by atomic mass is 16.1. The Morgan fingerprint density at radius 1 is 1.88 bits per heavy atom. The number of nitrogens with two attached hydrogens (primary N) is 1. The van der Waals surface area contributed by atoms with E-state index in [0.717, 1.165) is 12.0 Å². The van der Waals surface area contributed by atoms with Crippen LogP contribution in [-0.4, -0.2) is 18.7 Å². The van der Waals surface area contributed by atoms with E-state index in [1.54, 1.807) is 6.92 Å². The maximum Gasteiger partial charge on any atom is 0.125 e. The van der Waals surface area contributed by atoms with E-state index in [1.807, 2.05) is 0 Å². The van der Waals surface area contributed by atoms with Crippen LogP contribution in [0.1, 0.15) is 13.3 Å². The van der Waals surface area contributed by atoms with Crippen LogP contribution < -0.4 is 5.73 Å². The van der Waals surface area contributed by atoms with E-state index in [4.69, 9.17) is 5.73 Å². The summed E-state index contributed by atoms with van der Waals surface area (Å²) in [5.41, 5.74) is 5.85. The Labute approximate surface area is 48.6 Å². The lowest BCUT2D eigenvalue weighted by Gasteiger charge is -1.87. The number of carbonyl (C=O) groups is 1. The minimum Gasteiger partial charge on any atom is -0.312 e. The van der Waals surface area contributed by atoms with Crippen LogP contribution in [0.4, 0.5) is 0 Å². The molecule has 2 N–H and O–H groups in total. The molecule has 0 aromatic carbocycles. The Morgan fingerprint density at radius 3 is 2.88 bits per heavy atom. The molecule has 0 aliphatic rings. The van der Waals surface area contributed by atoms with Gasteiger partial charge >= 0.3 is 0 Å². The van der Waals surface area contributed by atoms with Gasteiger partial charge in [0.25, 0.3) is 0 Å². The van der Waals surface area contributed by atoms with Crippen molar-refractivity contribution in [1.29, 1.82) is 0 Å². The van der Waals surface area contributed by atoms with Crippen LogP contribution in [0.2, 0.25) is 0 Å². The summed E-state index contributed by atoms with van der Waals surface area (Å²) >= 11 is 0. The van der Waals surface area contributed by atoms with Gasteiger partial charge in [0.15, 0.2) is 0 Å². The van der Waals surface area contributed by atoms with Gasteiger partial charge in [-0.15, -0.1) is 0 Å². The van der Waals surface area contributed by atoms with Gasteiger partial charge in [0, 0.05) is 12.1 Å². The molecular formula is C5H10N2O. The fraction of sp³-hybridized carbons (Fsp3) is 0.600. The van der Waals surface area contributed by atoms with E-state index in [-0.39, 0.29) is 6.67 Å². The van der Waals surface area contributed by atoms with Crippen molar-refractivity contribution >= 4 is 12.0 Å².